The van der Waals surface area contributed by atoms with E-state index in [1.807, 2.05) is 32.2 Å². The van der Waals surface area contributed by atoms with E-state index in [0.717, 1.165) is 26.6 Å². The summed E-state index contributed by atoms with van der Waals surface area (Å²) < 4.78 is 1.15. The van der Waals surface area contributed by atoms with Crippen LogP contribution in [0.5, 0.6) is 0 Å². The van der Waals surface area contributed by atoms with Crippen molar-refractivity contribution in [3.05, 3.63) is 49.6 Å². The van der Waals surface area contributed by atoms with Gasteiger partial charge in [-0.1, -0.05) is 17.7 Å². The first-order chi connectivity index (χ1) is 8.97. The molecular formula is C14H16BrClN2S. The van der Waals surface area contributed by atoms with Crippen LogP contribution in [0.2, 0.25) is 5.02 Å². The fraction of sp³-hybridized carbons (Fsp3) is 0.286. The van der Waals surface area contributed by atoms with Crippen molar-refractivity contribution in [3.8, 4) is 0 Å². The van der Waals surface area contributed by atoms with Gasteiger partial charge in [0.1, 0.15) is 0 Å². The number of thiophene rings is 1. The van der Waals surface area contributed by atoms with E-state index in [4.69, 9.17) is 17.3 Å². The van der Waals surface area contributed by atoms with E-state index in [0.29, 0.717) is 0 Å². The van der Waals surface area contributed by atoms with E-state index >= 15 is 0 Å². The van der Waals surface area contributed by atoms with Crippen LogP contribution in [0.3, 0.4) is 0 Å². The summed E-state index contributed by atoms with van der Waals surface area (Å²) in [5, 5.41) is 2.89. The van der Waals surface area contributed by atoms with Gasteiger partial charge in [-0.05, 0) is 57.6 Å². The van der Waals surface area contributed by atoms with Crippen LogP contribution >= 0.6 is 38.9 Å². The lowest BCUT2D eigenvalue weighted by Gasteiger charge is -2.21. The van der Waals surface area contributed by atoms with E-state index < -0.39 is 0 Å². The van der Waals surface area contributed by atoms with Gasteiger partial charge in [0.05, 0.1) is 14.5 Å². The molecule has 5 heteroatoms. The monoisotopic (exact) mass is 358 g/mol. The van der Waals surface area contributed by atoms with Crippen LogP contribution in [0.15, 0.2) is 33.4 Å². The SMILES string of the molecule is C[C@H](N)c1ccc(N(C)Cc2csc(Br)c2)c(Cl)c1. The third-order valence-electron chi connectivity index (χ3n) is 2.95. The molecule has 0 saturated carbocycles. The van der Waals surface area contributed by atoms with E-state index in [1.54, 1.807) is 11.3 Å². The number of rotatable bonds is 4. The predicted molar refractivity (Wildman–Crippen MR) is 88.2 cm³/mol. The van der Waals surface area contributed by atoms with Gasteiger partial charge in [-0.3, -0.25) is 0 Å². The number of hydrogen-bond acceptors (Lipinski definition) is 3. The quantitative estimate of drug-likeness (QED) is 0.848. The lowest BCUT2D eigenvalue weighted by atomic mass is 10.1. The largest absolute Gasteiger partial charge is 0.369 e. The number of anilines is 1. The minimum atomic E-state index is 0.00434. The second-order valence-electron chi connectivity index (χ2n) is 4.61. The van der Waals surface area contributed by atoms with Crippen LogP contribution in [0.25, 0.3) is 0 Å². The third kappa shape index (κ3) is 3.72. The molecule has 0 amide bonds. The van der Waals surface area contributed by atoms with Gasteiger partial charge in [0, 0.05) is 19.6 Å². The summed E-state index contributed by atoms with van der Waals surface area (Å²) >= 11 is 11.5. The van der Waals surface area contributed by atoms with Crippen LogP contribution in [0.4, 0.5) is 5.69 Å². The summed E-state index contributed by atoms with van der Waals surface area (Å²) in [5.74, 6) is 0. The maximum absolute atomic E-state index is 6.34. The highest BCUT2D eigenvalue weighted by Gasteiger charge is 2.10. The Balaban J connectivity index is 2.17. The smallest absolute Gasteiger partial charge is 0.0701 e. The van der Waals surface area contributed by atoms with Crippen molar-refractivity contribution < 1.29 is 0 Å². The fourth-order valence-electron chi connectivity index (χ4n) is 1.90. The van der Waals surface area contributed by atoms with Crippen LogP contribution < -0.4 is 10.6 Å². The topological polar surface area (TPSA) is 29.3 Å². The minimum absolute atomic E-state index is 0.00434. The molecule has 1 aromatic carbocycles. The Bertz CT molecular complexity index is 568. The number of hydrogen-bond donors (Lipinski definition) is 1. The van der Waals surface area contributed by atoms with Crippen molar-refractivity contribution in [2.24, 2.45) is 5.73 Å². The third-order valence-corrected chi connectivity index (χ3v) is 4.81. The zero-order valence-corrected chi connectivity index (χ0v) is 14.0. The van der Waals surface area contributed by atoms with Crippen LogP contribution in [-0.4, -0.2) is 7.05 Å². The molecule has 102 valence electrons. The Morgan fingerprint density at radius 3 is 2.68 bits per heavy atom. The van der Waals surface area contributed by atoms with Crippen molar-refractivity contribution in [2.45, 2.75) is 19.5 Å². The zero-order chi connectivity index (χ0) is 14.0. The molecule has 2 rings (SSSR count). The molecule has 2 nitrogen and oxygen atoms in total. The van der Waals surface area contributed by atoms with E-state index in [2.05, 4.69) is 32.3 Å². The van der Waals surface area contributed by atoms with Gasteiger partial charge in [0.2, 0.25) is 0 Å². The van der Waals surface area contributed by atoms with E-state index in [-0.39, 0.29) is 6.04 Å². The van der Waals surface area contributed by atoms with Gasteiger partial charge < -0.3 is 10.6 Å². The predicted octanol–water partition coefficient (Wildman–Crippen LogP) is 4.82. The second kappa shape index (κ2) is 6.27. The average Bonchev–Trinajstić information content (AvgIpc) is 2.74. The molecule has 0 unspecified atom stereocenters. The fourth-order valence-corrected chi connectivity index (χ4v) is 3.44. The van der Waals surface area contributed by atoms with Crippen LogP contribution in [0, 0.1) is 0 Å². The summed E-state index contributed by atoms with van der Waals surface area (Å²) in [5.41, 5.74) is 9.21. The lowest BCUT2D eigenvalue weighted by molar-refractivity contribution is 0.817. The van der Waals surface area contributed by atoms with Crippen molar-refractivity contribution in [2.75, 3.05) is 11.9 Å². The molecule has 2 N–H and O–H groups in total. The van der Waals surface area contributed by atoms with E-state index in [9.17, 15) is 0 Å². The first-order valence-electron chi connectivity index (χ1n) is 5.96. The first-order valence-corrected chi connectivity index (χ1v) is 8.01. The number of benzene rings is 1. The highest BCUT2D eigenvalue weighted by atomic mass is 79.9. The molecule has 0 fully saturated rings. The van der Waals surface area contributed by atoms with Gasteiger partial charge >= 0.3 is 0 Å². The molecule has 1 atom stereocenters. The van der Waals surface area contributed by atoms with Crippen LogP contribution in [-0.2, 0) is 6.54 Å². The Labute approximate surface area is 131 Å². The van der Waals surface area contributed by atoms with Crippen molar-refractivity contribution in [1.29, 1.82) is 0 Å². The van der Waals surface area contributed by atoms with Gasteiger partial charge in [0.15, 0.2) is 0 Å². The van der Waals surface area contributed by atoms with Gasteiger partial charge in [-0.25, -0.2) is 0 Å². The Morgan fingerprint density at radius 2 is 2.16 bits per heavy atom. The average molecular weight is 360 g/mol. The molecule has 0 aliphatic heterocycles. The normalized spacial score (nSPS) is 12.5. The standard InChI is InChI=1S/C14H16BrClN2S/c1-9(17)11-3-4-13(12(16)6-11)18(2)7-10-5-14(15)19-8-10/h3-6,8-9H,7,17H2,1-2H3/t9-/m0/s1. The molecule has 1 aromatic heterocycles. The summed E-state index contributed by atoms with van der Waals surface area (Å²) in [6.45, 7) is 2.79. The minimum Gasteiger partial charge on any atom is -0.369 e. The van der Waals surface area contributed by atoms with Gasteiger partial charge in [-0.2, -0.15) is 0 Å². The maximum Gasteiger partial charge on any atom is 0.0701 e. The molecule has 0 spiro atoms. The molecule has 0 saturated heterocycles. The Kier molecular flexibility index (Phi) is 4.90. The second-order valence-corrected chi connectivity index (χ2v) is 7.31. The summed E-state index contributed by atoms with van der Waals surface area (Å²) in [7, 11) is 2.04. The molecule has 0 aliphatic rings. The van der Waals surface area contributed by atoms with Gasteiger partial charge in [0.25, 0.3) is 0 Å². The molecule has 0 aliphatic carbocycles. The molecule has 1 heterocycles. The summed E-state index contributed by atoms with van der Waals surface area (Å²) in [6.07, 6.45) is 0. The number of halogens is 2. The first kappa shape index (κ1) is 14.9. The molecule has 0 bridgehead atoms. The van der Waals surface area contributed by atoms with Crippen molar-refractivity contribution in [1.82, 2.24) is 0 Å². The maximum atomic E-state index is 6.34. The van der Waals surface area contributed by atoms with Gasteiger partial charge in [-0.15, -0.1) is 11.3 Å². The number of nitrogens with two attached hydrogens (primary N) is 1. The van der Waals surface area contributed by atoms with Crippen molar-refractivity contribution >= 4 is 44.6 Å². The summed E-state index contributed by atoms with van der Waals surface area (Å²) in [6, 6.07) is 8.14. The van der Waals surface area contributed by atoms with Crippen molar-refractivity contribution in [3.63, 3.8) is 0 Å². The molecule has 2 aromatic rings. The number of nitrogens with zero attached hydrogens (tertiary/aromatic N) is 1. The highest BCUT2D eigenvalue weighted by molar-refractivity contribution is 9.11. The Hall–Kier alpha value is -0.550. The lowest BCUT2D eigenvalue weighted by Crippen LogP contribution is -2.16. The zero-order valence-electron chi connectivity index (χ0n) is 10.9. The highest BCUT2D eigenvalue weighted by Crippen LogP contribution is 2.30. The summed E-state index contributed by atoms with van der Waals surface area (Å²) in [4.78, 5) is 2.14. The van der Waals surface area contributed by atoms with E-state index in [1.165, 1.54) is 5.56 Å². The molecule has 0 radical (unpaired) electrons. The Morgan fingerprint density at radius 1 is 1.42 bits per heavy atom. The van der Waals surface area contributed by atoms with Crippen LogP contribution in [0.1, 0.15) is 24.1 Å². The molecular weight excluding hydrogens is 344 g/mol. The molecule has 19 heavy (non-hydrogen) atoms.